The van der Waals surface area contributed by atoms with E-state index in [4.69, 9.17) is 4.74 Å². The number of rotatable bonds is 8. The lowest BCUT2D eigenvalue weighted by Gasteiger charge is -2.17. The number of aryl methyl sites for hydroxylation is 1. The van der Waals surface area contributed by atoms with Crippen LogP contribution < -0.4 is 10.2 Å². The van der Waals surface area contributed by atoms with Gasteiger partial charge in [-0.2, -0.15) is 0 Å². The molecule has 34 heavy (non-hydrogen) atoms. The van der Waals surface area contributed by atoms with Crippen molar-refractivity contribution in [1.82, 2.24) is 15.2 Å². The number of amides is 3. The summed E-state index contributed by atoms with van der Waals surface area (Å²) in [6, 6.07) is 16.8. The molecular formula is C25H26N4O4S. The molecule has 1 aliphatic rings. The third kappa shape index (κ3) is 5.26. The second-order valence-electron chi connectivity index (χ2n) is 7.94. The number of nitrogens with zero attached hydrogens (tertiary/aromatic N) is 3. The van der Waals surface area contributed by atoms with E-state index in [0.717, 1.165) is 11.1 Å². The van der Waals surface area contributed by atoms with E-state index < -0.39 is 0 Å². The van der Waals surface area contributed by atoms with Crippen molar-refractivity contribution in [1.29, 1.82) is 0 Å². The third-order valence-electron chi connectivity index (χ3n) is 5.63. The number of benzene rings is 2. The van der Waals surface area contributed by atoms with Gasteiger partial charge < -0.3 is 15.0 Å². The molecule has 0 radical (unpaired) electrons. The van der Waals surface area contributed by atoms with Crippen molar-refractivity contribution in [3.63, 3.8) is 0 Å². The van der Waals surface area contributed by atoms with Gasteiger partial charge in [0.2, 0.25) is 0 Å². The van der Waals surface area contributed by atoms with Crippen LogP contribution in [0.1, 0.15) is 36.9 Å². The summed E-state index contributed by atoms with van der Waals surface area (Å²) in [5.74, 6) is -0.577. The Morgan fingerprint density at radius 2 is 1.85 bits per heavy atom. The highest BCUT2D eigenvalue weighted by atomic mass is 32.1. The summed E-state index contributed by atoms with van der Waals surface area (Å²) in [4.78, 5) is 45.8. The number of carbonyl (C=O) groups excluding carboxylic acids is 3. The maximum atomic E-state index is 13.0. The van der Waals surface area contributed by atoms with Crippen LogP contribution in [0.2, 0.25) is 0 Å². The van der Waals surface area contributed by atoms with E-state index in [9.17, 15) is 14.4 Å². The molecule has 1 fully saturated rings. The number of ether oxygens (including phenoxy) is 1. The van der Waals surface area contributed by atoms with Crippen molar-refractivity contribution in [2.45, 2.75) is 19.9 Å². The highest BCUT2D eigenvalue weighted by Gasteiger charge is 2.32. The van der Waals surface area contributed by atoms with Crippen molar-refractivity contribution in [3.05, 3.63) is 81.9 Å². The van der Waals surface area contributed by atoms with Gasteiger partial charge in [-0.3, -0.25) is 9.69 Å². The number of carbonyl (C=O) groups is 3. The summed E-state index contributed by atoms with van der Waals surface area (Å²) in [6.07, 6.45) is 0.619. The first kappa shape index (κ1) is 23.4. The van der Waals surface area contributed by atoms with Crippen LogP contribution in [0.3, 0.4) is 0 Å². The van der Waals surface area contributed by atoms with Gasteiger partial charge in [0.25, 0.3) is 5.91 Å². The largest absolute Gasteiger partial charge is 0.465 e. The molecule has 2 aromatic carbocycles. The summed E-state index contributed by atoms with van der Waals surface area (Å²) in [5, 5.41) is 3.45. The van der Waals surface area contributed by atoms with E-state index in [2.05, 4.69) is 10.3 Å². The molecule has 4 rings (SSSR count). The Labute approximate surface area is 202 Å². The molecule has 0 unspecified atom stereocenters. The van der Waals surface area contributed by atoms with Gasteiger partial charge in [0.1, 0.15) is 4.88 Å². The molecule has 9 heteroatoms. The average Bonchev–Trinajstić information content (AvgIpc) is 3.43. The van der Waals surface area contributed by atoms with Crippen LogP contribution in [-0.2, 0) is 17.7 Å². The first-order chi connectivity index (χ1) is 16.5. The zero-order valence-electron chi connectivity index (χ0n) is 19.1. The Balaban J connectivity index is 1.36. The SMILES string of the molecule is COC(=O)c1cccc(CCN2CCN(c3nc(C)c(C(=O)NCc4ccccc4)s3)C2=O)c1. The number of esters is 1. The molecule has 0 spiro atoms. The lowest BCUT2D eigenvalue weighted by Crippen LogP contribution is -2.33. The number of hydrogen-bond acceptors (Lipinski definition) is 6. The summed E-state index contributed by atoms with van der Waals surface area (Å²) < 4.78 is 4.77. The number of thiazole rings is 1. The summed E-state index contributed by atoms with van der Waals surface area (Å²) in [6.45, 7) is 3.82. The fourth-order valence-corrected chi connectivity index (χ4v) is 4.77. The number of hydrogen-bond donors (Lipinski definition) is 1. The van der Waals surface area contributed by atoms with Crippen LogP contribution in [0.25, 0.3) is 0 Å². The van der Waals surface area contributed by atoms with Crippen molar-refractivity contribution >= 4 is 34.4 Å². The number of aromatic nitrogens is 1. The second kappa shape index (κ2) is 10.5. The Hall–Kier alpha value is -3.72. The predicted octanol–water partition coefficient (Wildman–Crippen LogP) is 3.65. The van der Waals surface area contributed by atoms with Crippen molar-refractivity contribution in [2.24, 2.45) is 0 Å². The fourth-order valence-electron chi connectivity index (χ4n) is 3.77. The van der Waals surface area contributed by atoms with Crippen LogP contribution in [0.4, 0.5) is 9.93 Å². The summed E-state index contributed by atoms with van der Waals surface area (Å²) in [5.41, 5.74) is 3.07. The van der Waals surface area contributed by atoms with Gasteiger partial charge in [-0.25, -0.2) is 14.6 Å². The Bertz CT molecular complexity index is 1190. The Morgan fingerprint density at radius 3 is 2.62 bits per heavy atom. The maximum absolute atomic E-state index is 13.0. The van der Waals surface area contributed by atoms with Crippen LogP contribution >= 0.6 is 11.3 Å². The Morgan fingerprint density at radius 1 is 1.09 bits per heavy atom. The summed E-state index contributed by atoms with van der Waals surface area (Å²) in [7, 11) is 1.35. The molecule has 0 bridgehead atoms. The van der Waals surface area contributed by atoms with Crippen molar-refractivity contribution in [3.8, 4) is 0 Å². The normalized spacial score (nSPS) is 13.3. The van der Waals surface area contributed by atoms with E-state index in [1.165, 1.54) is 18.4 Å². The molecule has 8 nitrogen and oxygen atoms in total. The van der Waals surface area contributed by atoms with E-state index in [0.29, 0.717) is 53.9 Å². The van der Waals surface area contributed by atoms with Crippen LogP contribution in [-0.4, -0.2) is 54.5 Å². The molecule has 176 valence electrons. The molecule has 1 aromatic heterocycles. The molecule has 0 aliphatic carbocycles. The Kier molecular flexibility index (Phi) is 7.22. The van der Waals surface area contributed by atoms with E-state index >= 15 is 0 Å². The van der Waals surface area contributed by atoms with Gasteiger partial charge in [-0.1, -0.05) is 53.8 Å². The number of urea groups is 1. The molecule has 3 amide bonds. The van der Waals surface area contributed by atoms with Crippen LogP contribution in [0, 0.1) is 6.92 Å². The monoisotopic (exact) mass is 478 g/mol. The summed E-state index contributed by atoms with van der Waals surface area (Å²) >= 11 is 1.23. The van der Waals surface area contributed by atoms with Gasteiger partial charge in [-0.05, 0) is 36.6 Å². The average molecular weight is 479 g/mol. The highest BCUT2D eigenvalue weighted by molar-refractivity contribution is 7.17. The minimum atomic E-state index is -0.381. The molecular weight excluding hydrogens is 452 g/mol. The van der Waals surface area contributed by atoms with Crippen LogP contribution in [0.5, 0.6) is 0 Å². The lowest BCUT2D eigenvalue weighted by molar-refractivity contribution is 0.0600. The van der Waals surface area contributed by atoms with Crippen molar-refractivity contribution in [2.75, 3.05) is 31.6 Å². The maximum Gasteiger partial charge on any atom is 0.337 e. The quantitative estimate of drug-likeness (QED) is 0.499. The molecule has 0 saturated carbocycles. The zero-order chi connectivity index (χ0) is 24.1. The van der Waals surface area contributed by atoms with Gasteiger partial charge in [-0.15, -0.1) is 0 Å². The van der Waals surface area contributed by atoms with Crippen LogP contribution in [0.15, 0.2) is 54.6 Å². The number of anilines is 1. The fraction of sp³-hybridized carbons (Fsp3) is 0.280. The third-order valence-corrected chi connectivity index (χ3v) is 6.81. The molecule has 0 atom stereocenters. The molecule has 1 saturated heterocycles. The molecule has 1 N–H and O–H groups in total. The second-order valence-corrected chi connectivity index (χ2v) is 8.92. The minimum Gasteiger partial charge on any atom is -0.465 e. The van der Waals surface area contributed by atoms with Gasteiger partial charge >= 0.3 is 12.0 Å². The smallest absolute Gasteiger partial charge is 0.337 e. The number of nitrogens with one attached hydrogen (secondary N) is 1. The van der Waals surface area contributed by atoms with E-state index in [1.807, 2.05) is 42.5 Å². The van der Waals surface area contributed by atoms with Crippen molar-refractivity contribution < 1.29 is 19.1 Å². The minimum absolute atomic E-state index is 0.130. The van der Waals surface area contributed by atoms with E-state index in [-0.39, 0.29) is 17.9 Å². The van der Waals surface area contributed by atoms with Gasteiger partial charge in [0.15, 0.2) is 5.13 Å². The molecule has 1 aliphatic heterocycles. The van der Waals surface area contributed by atoms with E-state index in [1.54, 1.807) is 28.9 Å². The zero-order valence-corrected chi connectivity index (χ0v) is 19.9. The molecule has 2 heterocycles. The first-order valence-electron chi connectivity index (χ1n) is 11.0. The first-order valence-corrected chi connectivity index (χ1v) is 11.8. The topological polar surface area (TPSA) is 91.8 Å². The highest BCUT2D eigenvalue weighted by Crippen LogP contribution is 2.29. The number of methoxy groups -OCH3 is 1. The standard InChI is InChI=1S/C25H26N4O4S/c1-17-21(22(30)26-16-19-7-4-3-5-8-19)34-24(27-17)29-14-13-28(25(29)32)12-11-18-9-6-10-20(15-18)23(31)33-2/h3-10,15H,11-14,16H2,1-2H3,(H,26,30). The molecule has 3 aromatic rings. The lowest BCUT2D eigenvalue weighted by atomic mass is 10.1. The predicted molar refractivity (Wildman–Crippen MR) is 130 cm³/mol. The van der Waals surface area contributed by atoms with Gasteiger partial charge in [0.05, 0.1) is 18.4 Å². The van der Waals surface area contributed by atoms with Gasteiger partial charge in [0, 0.05) is 26.2 Å².